The maximum atomic E-state index is 12.6. The standard InChI is InChI=1S/C20H19N3O2/c1-3-6-13-9-11-14(12-10-13)23-20(25)18-17(21-23)15-7-4-5-8-16(15)19(24)22(18)2/h4-5,7-12,25H,3,6H2,1-2H3. The molecule has 0 aliphatic carbocycles. The molecular formula is C20H19N3O2. The number of hydrogen-bond acceptors (Lipinski definition) is 3. The van der Waals surface area contributed by atoms with Gasteiger partial charge in [0.25, 0.3) is 5.56 Å². The topological polar surface area (TPSA) is 60.0 Å². The molecule has 1 N–H and O–H groups in total. The lowest BCUT2D eigenvalue weighted by Gasteiger charge is -2.05. The van der Waals surface area contributed by atoms with Gasteiger partial charge in [-0.25, -0.2) is 0 Å². The van der Waals surface area contributed by atoms with Gasteiger partial charge in [0.2, 0.25) is 5.88 Å². The monoisotopic (exact) mass is 333 g/mol. The molecule has 0 fully saturated rings. The summed E-state index contributed by atoms with van der Waals surface area (Å²) in [4.78, 5) is 12.6. The van der Waals surface area contributed by atoms with Gasteiger partial charge >= 0.3 is 0 Å². The first-order valence-electron chi connectivity index (χ1n) is 8.40. The van der Waals surface area contributed by atoms with Gasteiger partial charge < -0.3 is 9.67 Å². The molecule has 0 aliphatic heterocycles. The summed E-state index contributed by atoms with van der Waals surface area (Å²) in [7, 11) is 1.66. The number of nitrogens with zero attached hydrogens (tertiary/aromatic N) is 3. The second-order valence-corrected chi connectivity index (χ2v) is 6.26. The van der Waals surface area contributed by atoms with Gasteiger partial charge in [-0.2, -0.15) is 9.78 Å². The first-order valence-corrected chi connectivity index (χ1v) is 8.40. The van der Waals surface area contributed by atoms with Crippen LogP contribution in [-0.4, -0.2) is 19.5 Å². The average molecular weight is 333 g/mol. The lowest BCUT2D eigenvalue weighted by Crippen LogP contribution is -2.16. The third kappa shape index (κ3) is 2.31. The number of hydrogen-bond donors (Lipinski definition) is 1. The lowest BCUT2D eigenvalue weighted by atomic mass is 10.1. The molecule has 0 unspecified atom stereocenters. The minimum Gasteiger partial charge on any atom is -0.492 e. The molecule has 0 bridgehead atoms. The van der Waals surface area contributed by atoms with Crippen molar-refractivity contribution < 1.29 is 5.11 Å². The van der Waals surface area contributed by atoms with Crippen LogP contribution in [0.4, 0.5) is 0 Å². The van der Waals surface area contributed by atoms with Gasteiger partial charge in [-0.1, -0.05) is 43.7 Å². The highest BCUT2D eigenvalue weighted by molar-refractivity contribution is 6.05. The van der Waals surface area contributed by atoms with E-state index in [0.717, 1.165) is 23.9 Å². The molecule has 126 valence electrons. The highest BCUT2D eigenvalue weighted by Crippen LogP contribution is 2.30. The van der Waals surface area contributed by atoms with Crippen LogP contribution in [0.15, 0.2) is 53.3 Å². The van der Waals surface area contributed by atoms with Crippen molar-refractivity contribution in [3.8, 4) is 11.6 Å². The van der Waals surface area contributed by atoms with E-state index in [4.69, 9.17) is 0 Å². The van der Waals surface area contributed by atoms with Crippen LogP contribution in [0, 0.1) is 0 Å². The largest absolute Gasteiger partial charge is 0.492 e. The number of fused-ring (bicyclic) bond motifs is 3. The van der Waals surface area contributed by atoms with Gasteiger partial charge in [0, 0.05) is 17.8 Å². The molecular weight excluding hydrogens is 314 g/mol. The number of aromatic hydroxyl groups is 1. The number of pyridine rings is 1. The Bertz CT molecular complexity index is 1140. The SMILES string of the molecule is CCCc1ccc(-n2nc3c4ccccc4c(=O)n(C)c3c2O)cc1. The van der Waals surface area contributed by atoms with Gasteiger partial charge in [0.15, 0.2) is 0 Å². The Kier molecular flexibility index (Phi) is 3.57. The molecule has 5 heteroatoms. The van der Waals surface area contributed by atoms with Crippen molar-refractivity contribution >= 4 is 21.8 Å². The zero-order chi connectivity index (χ0) is 17.6. The quantitative estimate of drug-likeness (QED) is 0.624. The molecule has 2 aromatic carbocycles. The summed E-state index contributed by atoms with van der Waals surface area (Å²) in [6.45, 7) is 2.14. The molecule has 0 atom stereocenters. The normalized spacial score (nSPS) is 11.4. The van der Waals surface area contributed by atoms with Gasteiger partial charge in [-0.15, -0.1) is 0 Å². The predicted molar refractivity (Wildman–Crippen MR) is 99.5 cm³/mol. The second kappa shape index (κ2) is 5.77. The van der Waals surface area contributed by atoms with Gasteiger partial charge in [-0.05, 0) is 30.2 Å². The Morgan fingerprint density at radius 1 is 1.04 bits per heavy atom. The lowest BCUT2D eigenvalue weighted by molar-refractivity contribution is 0.436. The smallest absolute Gasteiger partial charge is 0.258 e. The fraction of sp³-hybridized carbons (Fsp3) is 0.200. The van der Waals surface area contributed by atoms with Crippen LogP contribution >= 0.6 is 0 Å². The molecule has 0 amide bonds. The molecule has 4 aromatic rings. The minimum atomic E-state index is -0.142. The van der Waals surface area contributed by atoms with Crippen LogP contribution < -0.4 is 5.56 Å². The number of aryl methyl sites for hydroxylation is 2. The summed E-state index contributed by atoms with van der Waals surface area (Å²) in [5, 5.41) is 16.7. The summed E-state index contributed by atoms with van der Waals surface area (Å²) >= 11 is 0. The van der Waals surface area contributed by atoms with Crippen LogP contribution in [-0.2, 0) is 13.5 Å². The summed E-state index contributed by atoms with van der Waals surface area (Å²) < 4.78 is 2.95. The Morgan fingerprint density at radius 2 is 1.72 bits per heavy atom. The number of benzene rings is 2. The number of rotatable bonds is 3. The third-order valence-electron chi connectivity index (χ3n) is 4.61. The van der Waals surface area contributed by atoms with E-state index in [1.807, 2.05) is 42.5 Å². The first kappa shape index (κ1) is 15.4. The molecule has 25 heavy (non-hydrogen) atoms. The Hall–Kier alpha value is -3.08. The molecule has 0 aliphatic rings. The molecule has 2 heterocycles. The van der Waals surface area contributed by atoms with Crippen molar-refractivity contribution in [3.63, 3.8) is 0 Å². The fourth-order valence-electron chi connectivity index (χ4n) is 3.32. The highest BCUT2D eigenvalue weighted by atomic mass is 16.3. The molecule has 2 aromatic heterocycles. The molecule has 4 rings (SSSR count). The maximum absolute atomic E-state index is 12.6. The van der Waals surface area contributed by atoms with E-state index in [1.165, 1.54) is 14.8 Å². The zero-order valence-electron chi connectivity index (χ0n) is 14.2. The van der Waals surface area contributed by atoms with Crippen LogP contribution in [0.25, 0.3) is 27.5 Å². The van der Waals surface area contributed by atoms with Crippen molar-refractivity contribution in [3.05, 3.63) is 64.4 Å². The fourth-order valence-corrected chi connectivity index (χ4v) is 3.32. The van der Waals surface area contributed by atoms with Crippen LogP contribution in [0.1, 0.15) is 18.9 Å². The molecule has 0 radical (unpaired) electrons. The van der Waals surface area contributed by atoms with Gasteiger partial charge in [0.1, 0.15) is 11.0 Å². The predicted octanol–water partition coefficient (Wildman–Crippen LogP) is 3.54. The average Bonchev–Trinajstić information content (AvgIpc) is 2.98. The second-order valence-electron chi connectivity index (χ2n) is 6.26. The highest BCUT2D eigenvalue weighted by Gasteiger charge is 2.18. The van der Waals surface area contributed by atoms with Crippen molar-refractivity contribution in [1.82, 2.24) is 14.3 Å². The molecule has 0 saturated heterocycles. The summed E-state index contributed by atoms with van der Waals surface area (Å²) in [6, 6.07) is 15.3. The van der Waals surface area contributed by atoms with E-state index in [-0.39, 0.29) is 11.4 Å². The van der Waals surface area contributed by atoms with Crippen LogP contribution in [0.2, 0.25) is 0 Å². The van der Waals surface area contributed by atoms with Crippen molar-refractivity contribution in [1.29, 1.82) is 0 Å². The Balaban J connectivity index is 2.00. The van der Waals surface area contributed by atoms with E-state index < -0.39 is 0 Å². The minimum absolute atomic E-state index is 0.0244. The van der Waals surface area contributed by atoms with Gasteiger partial charge in [-0.3, -0.25) is 4.79 Å². The maximum Gasteiger partial charge on any atom is 0.258 e. The van der Waals surface area contributed by atoms with Crippen molar-refractivity contribution in [2.75, 3.05) is 0 Å². The first-order chi connectivity index (χ1) is 12.1. The van der Waals surface area contributed by atoms with Crippen molar-refractivity contribution in [2.24, 2.45) is 7.05 Å². The van der Waals surface area contributed by atoms with E-state index in [2.05, 4.69) is 12.0 Å². The zero-order valence-corrected chi connectivity index (χ0v) is 14.2. The van der Waals surface area contributed by atoms with Crippen LogP contribution in [0.5, 0.6) is 5.88 Å². The van der Waals surface area contributed by atoms with E-state index in [9.17, 15) is 9.90 Å². The third-order valence-corrected chi connectivity index (χ3v) is 4.61. The number of aromatic nitrogens is 3. The molecule has 5 nitrogen and oxygen atoms in total. The summed E-state index contributed by atoms with van der Waals surface area (Å²) in [6.07, 6.45) is 2.11. The molecule has 0 spiro atoms. The summed E-state index contributed by atoms with van der Waals surface area (Å²) in [5.74, 6) is -0.0244. The Morgan fingerprint density at radius 3 is 2.40 bits per heavy atom. The van der Waals surface area contributed by atoms with E-state index in [0.29, 0.717) is 16.4 Å². The summed E-state index contributed by atoms with van der Waals surface area (Å²) in [5.41, 5.74) is 2.94. The van der Waals surface area contributed by atoms with Gasteiger partial charge in [0.05, 0.1) is 5.69 Å². The van der Waals surface area contributed by atoms with Crippen LogP contribution in [0.3, 0.4) is 0 Å². The van der Waals surface area contributed by atoms with E-state index >= 15 is 0 Å². The molecule has 0 saturated carbocycles. The van der Waals surface area contributed by atoms with Crippen molar-refractivity contribution in [2.45, 2.75) is 19.8 Å². The Labute approximate surface area is 144 Å². The van der Waals surface area contributed by atoms with E-state index in [1.54, 1.807) is 13.1 Å².